The third-order valence-electron chi connectivity index (χ3n) is 3.33. The zero-order valence-electron chi connectivity index (χ0n) is 11.3. The number of benzene rings is 1. The highest BCUT2D eigenvalue weighted by Crippen LogP contribution is 2.34. The van der Waals surface area contributed by atoms with Crippen molar-refractivity contribution in [1.82, 2.24) is 20.0 Å². The van der Waals surface area contributed by atoms with E-state index in [4.69, 9.17) is 9.47 Å². The molecule has 0 aliphatic carbocycles. The van der Waals surface area contributed by atoms with Gasteiger partial charge in [0.1, 0.15) is 11.8 Å². The van der Waals surface area contributed by atoms with Crippen LogP contribution in [0, 0.1) is 11.3 Å². The minimum Gasteiger partial charge on any atom is -0.454 e. The van der Waals surface area contributed by atoms with Crippen molar-refractivity contribution in [2.45, 2.75) is 0 Å². The Balaban J connectivity index is 1.90. The molecule has 0 saturated heterocycles. The Morgan fingerprint density at radius 3 is 2.73 bits per heavy atom. The van der Waals surface area contributed by atoms with Gasteiger partial charge in [0, 0.05) is 24.0 Å². The molecule has 4 rings (SSSR count). The summed E-state index contributed by atoms with van der Waals surface area (Å²) < 4.78 is 12.3. The Morgan fingerprint density at radius 2 is 1.91 bits per heavy atom. The molecule has 0 saturated carbocycles. The molecule has 0 atom stereocenters. The van der Waals surface area contributed by atoms with Gasteiger partial charge in [0.2, 0.25) is 6.79 Å². The van der Waals surface area contributed by atoms with E-state index in [1.807, 2.05) is 30.3 Å². The highest BCUT2D eigenvalue weighted by atomic mass is 16.7. The molecule has 1 aliphatic rings. The van der Waals surface area contributed by atoms with E-state index in [1.165, 1.54) is 0 Å². The SMILES string of the molecule is N#Cc1nnn(-c2ccc3c(c2)OCO3)c1-c1ccncc1. The second-order valence-electron chi connectivity index (χ2n) is 4.58. The van der Waals surface area contributed by atoms with E-state index in [2.05, 4.69) is 21.4 Å². The average molecular weight is 291 g/mol. The third-order valence-corrected chi connectivity index (χ3v) is 3.33. The molecule has 0 bridgehead atoms. The van der Waals surface area contributed by atoms with Gasteiger partial charge in [-0.05, 0) is 24.3 Å². The number of nitriles is 1. The number of pyridine rings is 1. The van der Waals surface area contributed by atoms with Crippen molar-refractivity contribution < 1.29 is 9.47 Å². The molecule has 0 fully saturated rings. The van der Waals surface area contributed by atoms with Crippen molar-refractivity contribution >= 4 is 0 Å². The fraction of sp³-hybridized carbons (Fsp3) is 0.0667. The molecule has 0 N–H and O–H groups in total. The highest BCUT2D eigenvalue weighted by molar-refractivity contribution is 5.67. The Kier molecular flexibility index (Phi) is 2.73. The first-order valence-electron chi connectivity index (χ1n) is 6.53. The smallest absolute Gasteiger partial charge is 0.231 e. The first-order chi connectivity index (χ1) is 10.9. The van der Waals surface area contributed by atoms with Crippen molar-refractivity contribution in [2.24, 2.45) is 0 Å². The number of fused-ring (bicyclic) bond motifs is 1. The minimum atomic E-state index is 0.205. The molecule has 2 aromatic heterocycles. The molecular weight excluding hydrogens is 282 g/mol. The second kappa shape index (κ2) is 4.86. The van der Waals surface area contributed by atoms with Crippen LogP contribution in [0.3, 0.4) is 0 Å². The Hall–Kier alpha value is -3.40. The number of ether oxygens (including phenoxy) is 2. The zero-order valence-corrected chi connectivity index (χ0v) is 11.3. The number of nitrogens with zero attached hydrogens (tertiary/aromatic N) is 5. The number of hydrogen-bond acceptors (Lipinski definition) is 6. The summed E-state index contributed by atoms with van der Waals surface area (Å²) in [5, 5.41) is 17.3. The van der Waals surface area contributed by atoms with E-state index in [0.717, 1.165) is 11.3 Å². The molecule has 22 heavy (non-hydrogen) atoms. The fourth-order valence-corrected chi connectivity index (χ4v) is 2.32. The van der Waals surface area contributed by atoms with Crippen LogP contribution in [0.2, 0.25) is 0 Å². The van der Waals surface area contributed by atoms with Gasteiger partial charge in [0.25, 0.3) is 0 Å². The summed E-state index contributed by atoms with van der Waals surface area (Å²) in [6, 6.07) is 11.1. The largest absolute Gasteiger partial charge is 0.454 e. The maximum absolute atomic E-state index is 9.27. The van der Waals surface area contributed by atoms with Crippen LogP contribution in [-0.4, -0.2) is 26.8 Å². The molecular formula is C15H9N5O2. The summed E-state index contributed by atoms with van der Waals surface area (Å²) >= 11 is 0. The molecule has 0 spiro atoms. The van der Waals surface area contributed by atoms with Crippen molar-refractivity contribution in [1.29, 1.82) is 5.26 Å². The maximum atomic E-state index is 9.27. The number of rotatable bonds is 2. The Bertz CT molecular complexity index is 883. The Morgan fingerprint density at radius 1 is 1.09 bits per heavy atom. The van der Waals surface area contributed by atoms with Gasteiger partial charge < -0.3 is 9.47 Å². The van der Waals surface area contributed by atoms with E-state index in [1.54, 1.807) is 17.1 Å². The molecule has 1 aliphatic heterocycles. The van der Waals surface area contributed by atoms with E-state index < -0.39 is 0 Å². The van der Waals surface area contributed by atoms with Gasteiger partial charge in [-0.2, -0.15) is 5.26 Å². The van der Waals surface area contributed by atoms with Crippen molar-refractivity contribution in [3.8, 4) is 34.5 Å². The average Bonchev–Trinajstić information content (AvgIpc) is 3.21. The van der Waals surface area contributed by atoms with Gasteiger partial charge in [-0.15, -0.1) is 5.10 Å². The second-order valence-corrected chi connectivity index (χ2v) is 4.58. The van der Waals surface area contributed by atoms with Crippen LogP contribution in [-0.2, 0) is 0 Å². The third kappa shape index (κ3) is 1.86. The quantitative estimate of drug-likeness (QED) is 0.717. The summed E-state index contributed by atoms with van der Waals surface area (Å²) in [6.07, 6.45) is 3.32. The first-order valence-corrected chi connectivity index (χ1v) is 6.53. The summed E-state index contributed by atoms with van der Waals surface area (Å²) in [7, 11) is 0. The molecule has 0 unspecified atom stereocenters. The van der Waals surface area contributed by atoms with Crippen LogP contribution in [0.1, 0.15) is 5.69 Å². The van der Waals surface area contributed by atoms with Gasteiger partial charge in [-0.25, -0.2) is 4.68 Å². The predicted molar refractivity (Wildman–Crippen MR) is 75.4 cm³/mol. The molecule has 7 nitrogen and oxygen atoms in total. The maximum Gasteiger partial charge on any atom is 0.231 e. The first kappa shape index (κ1) is 12.3. The van der Waals surface area contributed by atoms with Gasteiger partial charge in [-0.3, -0.25) is 4.98 Å². The van der Waals surface area contributed by atoms with E-state index in [-0.39, 0.29) is 12.5 Å². The predicted octanol–water partition coefficient (Wildman–Crippen LogP) is 1.93. The topological polar surface area (TPSA) is 85.9 Å². The normalized spacial score (nSPS) is 12.1. The van der Waals surface area contributed by atoms with Crippen LogP contribution < -0.4 is 9.47 Å². The van der Waals surface area contributed by atoms with Gasteiger partial charge in [0.15, 0.2) is 17.2 Å². The van der Waals surface area contributed by atoms with E-state index in [0.29, 0.717) is 17.2 Å². The van der Waals surface area contributed by atoms with Crippen molar-refractivity contribution in [2.75, 3.05) is 6.79 Å². The molecule has 0 amide bonds. The highest BCUT2D eigenvalue weighted by Gasteiger charge is 2.19. The summed E-state index contributed by atoms with van der Waals surface area (Å²) in [5.41, 5.74) is 2.42. The zero-order chi connectivity index (χ0) is 14.9. The lowest BCUT2D eigenvalue weighted by atomic mass is 10.1. The minimum absolute atomic E-state index is 0.205. The van der Waals surface area contributed by atoms with Crippen molar-refractivity contribution in [3.63, 3.8) is 0 Å². The lowest BCUT2D eigenvalue weighted by molar-refractivity contribution is 0.174. The van der Waals surface area contributed by atoms with Crippen LogP contribution in [0.5, 0.6) is 11.5 Å². The van der Waals surface area contributed by atoms with Crippen LogP contribution >= 0.6 is 0 Å². The number of hydrogen-bond donors (Lipinski definition) is 0. The van der Waals surface area contributed by atoms with Gasteiger partial charge >= 0.3 is 0 Å². The molecule has 3 aromatic rings. The van der Waals surface area contributed by atoms with E-state index in [9.17, 15) is 5.26 Å². The lowest BCUT2D eigenvalue weighted by Crippen LogP contribution is -2.00. The van der Waals surface area contributed by atoms with Crippen LogP contribution in [0.25, 0.3) is 16.9 Å². The summed E-state index contributed by atoms with van der Waals surface area (Å²) in [6.45, 7) is 0.205. The number of aromatic nitrogens is 4. The van der Waals surface area contributed by atoms with Gasteiger partial charge in [0.05, 0.1) is 5.69 Å². The van der Waals surface area contributed by atoms with Gasteiger partial charge in [-0.1, -0.05) is 5.21 Å². The molecule has 1 aromatic carbocycles. The fourth-order valence-electron chi connectivity index (χ4n) is 2.32. The lowest BCUT2D eigenvalue weighted by Gasteiger charge is -2.07. The van der Waals surface area contributed by atoms with E-state index >= 15 is 0 Å². The molecule has 7 heteroatoms. The molecule has 0 radical (unpaired) electrons. The Labute approximate surface area is 125 Å². The van der Waals surface area contributed by atoms with Crippen molar-refractivity contribution in [3.05, 3.63) is 48.4 Å². The summed E-state index contributed by atoms with van der Waals surface area (Å²) in [4.78, 5) is 3.99. The monoisotopic (exact) mass is 291 g/mol. The summed E-state index contributed by atoms with van der Waals surface area (Å²) in [5.74, 6) is 1.34. The van der Waals surface area contributed by atoms with Crippen LogP contribution in [0.4, 0.5) is 0 Å². The molecule has 106 valence electrons. The standard InChI is InChI=1S/C15H9N5O2/c16-8-12-15(10-3-5-17-6-4-10)20(19-18-12)11-1-2-13-14(7-11)22-9-21-13/h1-7H,9H2. The van der Waals surface area contributed by atoms with Crippen LogP contribution in [0.15, 0.2) is 42.7 Å². The molecule has 3 heterocycles.